The molecular weight excluding hydrogens is 332 g/mol. The molecule has 2 rings (SSSR count). The van der Waals surface area contributed by atoms with E-state index in [2.05, 4.69) is 15.9 Å². The lowest BCUT2D eigenvalue weighted by Crippen LogP contribution is -2.17. The first kappa shape index (κ1) is 15.8. The molecule has 0 saturated carbocycles. The Kier molecular flexibility index (Phi) is 5.22. The van der Waals surface area contributed by atoms with Crippen LogP contribution >= 0.6 is 15.9 Å². The first-order chi connectivity index (χ1) is 10.1. The minimum absolute atomic E-state index is 0.286. The summed E-state index contributed by atoms with van der Waals surface area (Å²) in [6.45, 7) is -0.302. The van der Waals surface area contributed by atoms with Crippen molar-refractivity contribution in [3.63, 3.8) is 0 Å². The lowest BCUT2D eigenvalue weighted by molar-refractivity contribution is 0.0957. The van der Waals surface area contributed by atoms with Crippen LogP contribution in [-0.4, -0.2) is 22.9 Å². The highest BCUT2D eigenvalue weighted by Gasteiger charge is 2.15. The van der Waals surface area contributed by atoms with Crippen LogP contribution in [0.5, 0.6) is 0 Å². The van der Waals surface area contributed by atoms with Crippen molar-refractivity contribution in [2.75, 3.05) is 18.1 Å². The lowest BCUT2D eigenvalue weighted by Gasteiger charge is -2.18. The summed E-state index contributed by atoms with van der Waals surface area (Å²) in [7, 11) is 0. The van der Waals surface area contributed by atoms with E-state index in [4.69, 9.17) is 16.6 Å². The predicted octanol–water partition coefficient (Wildman–Crippen LogP) is 2.31. The summed E-state index contributed by atoms with van der Waals surface area (Å²) >= 11 is 3.48. The number of alkyl halides is 1. The number of hydrogen-bond acceptors (Lipinski definition) is 4. The maximum Gasteiger partial charge on any atom is 0.0812 e. The van der Waals surface area contributed by atoms with Crippen molar-refractivity contribution in [2.45, 2.75) is 17.9 Å². The fourth-order valence-electron chi connectivity index (χ4n) is 2.39. The zero-order valence-corrected chi connectivity index (χ0v) is 13.2. The minimum atomic E-state index is -0.842. The van der Waals surface area contributed by atoms with Crippen molar-refractivity contribution < 1.29 is 10.2 Å². The van der Waals surface area contributed by atoms with Crippen molar-refractivity contribution in [3.05, 3.63) is 47.5 Å². The molecule has 0 aliphatic heterocycles. The number of halogens is 1. The van der Waals surface area contributed by atoms with Crippen molar-refractivity contribution in [2.24, 2.45) is 0 Å². The molecule has 5 heteroatoms. The number of aliphatic hydroxyl groups is 2. The number of aliphatic hydroxyl groups excluding tert-OH is 2. The lowest BCUT2D eigenvalue weighted by atomic mass is 9.91. The molecule has 112 valence electrons. The highest BCUT2D eigenvalue weighted by Crippen LogP contribution is 2.34. The van der Waals surface area contributed by atoms with Gasteiger partial charge in [-0.05, 0) is 34.4 Å². The van der Waals surface area contributed by atoms with Gasteiger partial charge < -0.3 is 21.7 Å². The Labute approximate surface area is 132 Å². The van der Waals surface area contributed by atoms with Gasteiger partial charge in [0, 0.05) is 23.1 Å². The van der Waals surface area contributed by atoms with Crippen LogP contribution in [0.25, 0.3) is 11.1 Å². The maximum atomic E-state index is 9.76. The average molecular weight is 351 g/mol. The Bertz CT molecular complexity index is 632. The fourth-order valence-corrected chi connectivity index (χ4v) is 2.87. The van der Waals surface area contributed by atoms with E-state index >= 15 is 0 Å². The number of nitrogen functional groups attached to an aromatic ring is 2. The second-order valence-corrected chi connectivity index (χ2v) is 5.53. The zero-order chi connectivity index (χ0) is 15.4. The second kappa shape index (κ2) is 6.93. The van der Waals surface area contributed by atoms with E-state index < -0.39 is 6.10 Å². The van der Waals surface area contributed by atoms with Crippen LogP contribution in [0.1, 0.15) is 11.1 Å². The number of rotatable bonds is 5. The van der Waals surface area contributed by atoms with Gasteiger partial charge in [-0.2, -0.15) is 0 Å². The van der Waals surface area contributed by atoms with Crippen molar-refractivity contribution in [1.82, 2.24) is 0 Å². The molecule has 1 unspecified atom stereocenters. The van der Waals surface area contributed by atoms with E-state index in [0.717, 1.165) is 22.3 Å². The average Bonchev–Trinajstić information content (AvgIpc) is 2.49. The van der Waals surface area contributed by atoms with Crippen molar-refractivity contribution >= 4 is 27.3 Å². The minimum Gasteiger partial charge on any atom is -0.399 e. The van der Waals surface area contributed by atoms with Gasteiger partial charge in [0.15, 0.2) is 0 Å². The Morgan fingerprint density at radius 2 is 1.81 bits per heavy atom. The molecule has 21 heavy (non-hydrogen) atoms. The molecule has 2 aromatic carbocycles. The van der Waals surface area contributed by atoms with Gasteiger partial charge >= 0.3 is 0 Å². The highest BCUT2D eigenvalue weighted by atomic mass is 79.9. The van der Waals surface area contributed by atoms with Gasteiger partial charge in [0.05, 0.1) is 12.7 Å². The number of anilines is 2. The summed E-state index contributed by atoms with van der Waals surface area (Å²) in [5, 5.41) is 19.5. The molecular formula is C16H19BrN2O2. The molecule has 0 heterocycles. The van der Waals surface area contributed by atoms with Crippen LogP contribution in [-0.2, 0) is 11.8 Å². The van der Waals surface area contributed by atoms with E-state index in [-0.39, 0.29) is 13.0 Å². The molecule has 0 bridgehead atoms. The Hall–Kier alpha value is -1.56. The third-order valence-corrected chi connectivity index (χ3v) is 4.01. The first-order valence-electron chi connectivity index (χ1n) is 6.67. The van der Waals surface area contributed by atoms with Crippen LogP contribution in [0.3, 0.4) is 0 Å². The van der Waals surface area contributed by atoms with Gasteiger partial charge in [0.25, 0.3) is 0 Å². The monoisotopic (exact) mass is 350 g/mol. The molecule has 0 amide bonds. The molecule has 4 nitrogen and oxygen atoms in total. The quantitative estimate of drug-likeness (QED) is 0.491. The van der Waals surface area contributed by atoms with Crippen LogP contribution in [0.4, 0.5) is 11.4 Å². The normalized spacial score (nSPS) is 12.3. The van der Waals surface area contributed by atoms with E-state index in [0.29, 0.717) is 16.7 Å². The van der Waals surface area contributed by atoms with Gasteiger partial charge in [-0.25, -0.2) is 0 Å². The third kappa shape index (κ3) is 3.56. The molecule has 0 radical (unpaired) electrons. The smallest absolute Gasteiger partial charge is 0.0812 e. The number of benzene rings is 2. The number of hydrogen-bond donors (Lipinski definition) is 4. The summed E-state index contributed by atoms with van der Waals surface area (Å²) in [6, 6.07) is 11.5. The first-order valence-corrected chi connectivity index (χ1v) is 7.80. The van der Waals surface area contributed by atoms with Gasteiger partial charge in [-0.3, -0.25) is 0 Å². The Morgan fingerprint density at radius 1 is 1.10 bits per heavy atom. The standard InChI is InChI=1S/C16H19BrN2O2/c17-8-10-3-1-2-4-13(10)14-5-11(18)6-16(19)15(14)7-12(21)9-20/h1-6,12,20-21H,7-9,18-19H2. The van der Waals surface area contributed by atoms with Crippen LogP contribution in [0, 0.1) is 0 Å². The molecule has 1 atom stereocenters. The van der Waals surface area contributed by atoms with Crippen LogP contribution < -0.4 is 11.5 Å². The fraction of sp³-hybridized carbons (Fsp3) is 0.250. The maximum absolute atomic E-state index is 9.76. The molecule has 0 spiro atoms. The summed E-state index contributed by atoms with van der Waals surface area (Å²) in [4.78, 5) is 0. The highest BCUT2D eigenvalue weighted by molar-refractivity contribution is 9.08. The molecule has 6 N–H and O–H groups in total. The van der Waals surface area contributed by atoms with E-state index in [1.807, 2.05) is 30.3 Å². The van der Waals surface area contributed by atoms with Crippen molar-refractivity contribution in [3.8, 4) is 11.1 Å². The van der Waals surface area contributed by atoms with Gasteiger partial charge in [0.1, 0.15) is 0 Å². The van der Waals surface area contributed by atoms with E-state index in [1.54, 1.807) is 6.07 Å². The SMILES string of the molecule is Nc1cc(N)c(CC(O)CO)c(-c2ccccc2CBr)c1. The van der Waals surface area contributed by atoms with Crippen LogP contribution in [0.2, 0.25) is 0 Å². The molecule has 0 aliphatic carbocycles. The predicted molar refractivity (Wildman–Crippen MR) is 90.1 cm³/mol. The molecule has 0 saturated heterocycles. The van der Waals surface area contributed by atoms with Gasteiger partial charge in [0.2, 0.25) is 0 Å². The van der Waals surface area contributed by atoms with Crippen molar-refractivity contribution in [1.29, 1.82) is 0 Å². The topological polar surface area (TPSA) is 92.5 Å². The third-order valence-electron chi connectivity index (χ3n) is 3.41. The Morgan fingerprint density at radius 3 is 2.48 bits per heavy atom. The van der Waals surface area contributed by atoms with E-state index in [1.165, 1.54) is 0 Å². The molecule has 0 fully saturated rings. The molecule has 0 aromatic heterocycles. The second-order valence-electron chi connectivity index (χ2n) is 4.97. The summed E-state index contributed by atoms with van der Waals surface area (Å²) in [6.07, 6.45) is -0.556. The van der Waals surface area contributed by atoms with Gasteiger partial charge in [-0.15, -0.1) is 0 Å². The van der Waals surface area contributed by atoms with Gasteiger partial charge in [-0.1, -0.05) is 40.2 Å². The summed E-state index contributed by atoms with van der Waals surface area (Å²) in [5.41, 5.74) is 16.9. The largest absolute Gasteiger partial charge is 0.399 e. The van der Waals surface area contributed by atoms with E-state index in [9.17, 15) is 5.11 Å². The summed E-state index contributed by atoms with van der Waals surface area (Å²) in [5.74, 6) is 0. The van der Waals surface area contributed by atoms with Crippen LogP contribution in [0.15, 0.2) is 36.4 Å². The molecule has 0 aliphatic rings. The number of nitrogens with two attached hydrogens (primary N) is 2. The molecule has 2 aromatic rings. The zero-order valence-electron chi connectivity index (χ0n) is 11.6. The summed E-state index contributed by atoms with van der Waals surface area (Å²) < 4.78 is 0. The Balaban J connectivity index is 2.61.